The second-order valence-electron chi connectivity index (χ2n) is 4.27. The highest BCUT2D eigenvalue weighted by atomic mass is 79.9. The van der Waals surface area contributed by atoms with E-state index in [0.717, 1.165) is 12.0 Å². The lowest BCUT2D eigenvalue weighted by molar-refractivity contribution is -0.174. The zero-order valence-electron chi connectivity index (χ0n) is 10.2. The lowest BCUT2D eigenvalue weighted by Gasteiger charge is -2.15. The van der Waals surface area contributed by atoms with Crippen LogP contribution in [0.1, 0.15) is 12.0 Å². The molecule has 0 aliphatic carbocycles. The van der Waals surface area contributed by atoms with E-state index in [1.165, 1.54) is 0 Å². The van der Waals surface area contributed by atoms with Gasteiger partial charge >= 0.3 is 6.18 Å². The van der Waals surface area contributed by atoms with E-state index in [-0.39, 0.29) is 12.5 Å². The summed E-state index contributed by atoms with van der Waals surface area (Å²) in [6.07, 6.45) is -2.97. The number of hydrogen-bond acceptors (Lipinski definition) is 1. The molecule has 1 aromatic carbocycles. The zero-order chi connectivity index (χ0) is 14.3. The standard InChI is InChI=1S/C13H15BrClF3O/c14-8-10(5-6-19-9-13(16,17)18)7-11-3-1-2-4-12(11)15/h1-4,10H,5-9H2. The molecule has 108 valence electrons. The van der Waals surface area contributed by atoms with Crippen LogP contribution in [0.4, 0.5) is 13.2 Å². The van der Waals surface area contributed by atoms with Crippen molar-refractivity contribution in [2.24, 2.45) is 5.92 Å². The van der Waals surface area contributed by atoms with Crippen LogP contribution in [0.5, 0.6) is 0 Å². The maximum absolute atomic E-state index is 11.9. The second kappa shape index (κ2) is 8.12. The largest absolute Gasteiger partial charge is 0.411 e. The van der Waals surface area contributed by atoms with Gasteiger partial charge in [-0.1, -0.05) is 45.7 Å². The van der Waals surface area contributed by atoms with Crippen molar-refractivity contribution in [3.8, 4) is 0 Å². The number of halogens is 5. The van der Waals surface area contributed by atoms with E-state index in [4.69, 9.17) is 11.6 Å². The Morgan fingerprint density at radius 3 is 2.53 bits per heavy atom. The lowest BCUT2D eigenvalue weighted by Crippen LogP contribution is -2.19. The number of alkyl halides is 4. The molecule has 0 radical (unpaired) electrons. The van der Waals surface area contributed by atoms with Crippen LogP contribution in [0.25, 0.3) is 0 Å². The van der Waals surface area contributed by atoms with Crippen LogP contribution in [0.3, 0.4) is 0 Å². The van der Waals surface area contributed by atoms with E-state index >= 15 is 0 Å². The predicted molar refractivity (Wildman–Crippen MR) is 73.9 cm³/mol. The normalized spacial score (nSPS) is 13.5. The van der Waals surface area contributed by atoms with Gasteiger partial charge in [-0.15, -0.1) is 0 Å². The van der Waals surface area contributed by atoms with Gasteiger partial charge in [-0.3, -0.25) is 0 Å². The molecule has 6 heteroatoms. The molecule has 0 saturated heterocycles. The molecule has 1 rings (SSSR count). The first-order chi connectivity index (χ1) is 8.92. The topological polar surface area (TPSA) is 9.23 Å². The quantitative estimate of drug-likeness (QED) is 0.499. The minimum Gasteiger partial charge on any atom is -0.372 e. The highest BCUT2D eigenvalue weighted by Gasteiger charge is 2.27. The Hall–Kier alpha value is -0.260. The van der Waals surface area contributed by atoms with Crippen LogP contribution < -0.4 is 0 Å². The minimum absolute atomic E-state index is 0.0974. The molecule has 1 aromatic rings. The molecule has 0 fully saturated rings. The first kappa shape index (κ1) is 16.8. The maximum atomic E-state index is 11.9. The summed E-state index contributed by atoms with van der Waals surface area (Å²) in [5.41, 5.74) is 1.00. The van der Waals surface area contributed by atoms with Crippen LogP contribution >= 0.6 is 27.5 Å². The third kappa shape index (κ3) is 7.18. The maximum Gasteiger partial charge on any atom is 0.411 e. The van der Waals surface area contributed by atoms with Crippen molar-refractivity contribution in [1.29, 1.82) is 0 Å². The zero-order valence-corrected chi connectivity index (χ0v) is 12.6. The van der Waals surface area contributed by atoms with Crippen LogP contribution in [0.2, 0.25) is 5.02 Å². The van der Waals surface area contributed by atoms with Gasteiger partial charge < -0.3 is 4.74 Å². The smallest absolute Gasteiger partial charge is 0.372 e. The summed E-state index contributed by atoms with van der Waals surface area (Å²) in [7, 11) is 0. The minimum atomic E-state index is -4.26. The SMILES string of the molecule is FC(F)(F)COCCC(CBr)Cc1ccccc1Cl. The lowest BCUT2D eigenvalue weighted by atomic mass is 9.98. The van der Waals surface area contributed by atoms with Crippen LogP contribution in [0.15, 0.2) is 24.3 Å². The fourth-order valence-electron chi connectivity index (χ4n) is 1.65. The van der Waals surface area contributed by atoms with Crippen LogP contribution in [-0.4, -0.2) is 24.7 Å². The van der Waals surface area contributed by atoms with Gasteiger partial charge in [0.2, 0.25) is 0 Å². The van der Waals surface area contributed by atoms with Crippen molar-refractivity contribution in [2.75, 3.05) is 18.5 Å². The Bertz CT molecular complexity index is 384. The first-order valence-corrected chi connectivity index (χ1v) is 7.36. The van der Waals surface area contributed by atoms with Gasteiger partial charge in [-0.25, -0.2) is 0 Å². The van der Waals surface area contributed by atoms with E-state index in [1.807, 2.05) is 24.3 Å². The summed E-state index contributed by atoms with van der Waals surface area (Å²) in [5, 5.41) is 1.39. The van der Waals surface area contributed by atoms with E-state index in [9.17, 15) is 13.2 Å². The van der Waals surface area contributed by atoms with Crippen molar-refractivity contribution in [1.82, 2.24) is 0 Å². The molecule has 0 aliphatic rings. The van der Waals surface area contributed by atoms with Gasteiger partial charge in [0, 0.05) is 17.0 Å². The Labute approximate surface area is 124 Å². The van der Waals surface area contributed by atoms with Crippen molar-refractivity contribution in [2.45, 2.75) is 19.0 Å². The van der Waals surface area contributed by atoms with Crippen molar-refractivity contribution in [3.63, 3.8) is 0 Å². The summed E-state index contributed by atoms with van der Waals surface area (Å²) in [4.78, 5) is 0. The Morgan fingerprint density at radius 2 is 1.95 bits per heavy atom. The van der Waals surface area contributed by atoms with Gasteiger partial charge in [-0.05, 0) is 30.4 Å². The fourth-order valence-corrected chi connectivity index (χ4v) is 2.41. The van der Waals surface area contributed by atoms with Gasteiger partial charge in [-0.2, -0.15) is 13.2 Å². The van der Waals surface area contributed by atoms with E-state index in [0.29, 0.717) is 16.8 Å². The number of hydrogen-bond donors (Lipinski definition) is 0. The first-order valence-electron chi connectivity index (χ1n) is 5.86. The summed E-state index contributed by atoms with van der Waals surface area (Å²) in [6, 6.07) is 7.48. The Balaban J connectivity index is 2.36. The van der Waals surface area contributed by atoms with E-state index in [1.54, 1.807) is 0 Å². The molecular weight excluding hydrogens is 344 g/mol. The number of rotatable bonds is 7. The Morgan fingerprint density at radius 1 is 1.26 bits per heavy atom. The van der Waals surface area contributed by atoms with E-state index in [2.05, 4.69) is 20.7 Å². The molecule has 19 heavy (non-hydrogen) atoms. The Kier molecular flexibility index (Phi) is 7.18. The molecule has 0 aliphatic heterocycles. The average Bonchev–Trinajstić information content (AvgIpc) is 2.34. The molecule has 1 nitrogen and oxygen atoms in total. The van der Waals surface area contributed by atoms with Crippen LogP contribution in [-0.2, 0) is 11.2 Å². The monoisotopic (exact) mass is 358 g/mol. The highest BCUT2D eigenvalue weighted by Crippen LogP contribution is 2.22. The highest BCUT2D eigenvalue weighted by molar-refractivity contribution is 9.09. The summed E-state index contributed by atoms with van der Waals surface area (Å²) in [5.74, 6) is 0.202. The van der Waals surface area contributed by atoms with Crippen molar-refractivity contribution >= 4 is 27.5 Å². The summed E-state index contributed by atoms with van der Waals surface area (Å²) in [6.45, 7) is -1.09. The van der Waals surface area contributed by atoms with Gasteiger partial charge in [0.15, 0.2) is 0 Å². The van der Waals surface area contributed by atoms with Gasteiger partial charge in [0.1, 0.15) is 6.61 Å². The van der Waals surface area contributed by atoms with Crippen molar-refractivity contribution < 1.29 is 17.9 Å². The fraction of sp³-hybridized carbons (Fsp3) is 0.538. The molecule has 0 saturated carbocycles. The molecule has 0 bridgehead atoms. The molecule has 0 aromatic heterocycles. The molecule has 0 spiro atoms. The summed E-state index contributed by atoms with van der Waals surface area (Å²) < 4.78 is 40.3. The molecule has 0 amide bonds. The van der Waals surface area contributed by atoms with Gasteiger partial charge in [0.25, 0.3) is 0 Å². The predicted octanol–water partition coefficient (Wildman–Crippen LogP) is 4.86. The third-order valence-electron chi connectivity index (χ3n) is 2.62. The third-order valence-corrected chi connectivity index (χ3v) is 3.91. The number of ether oxygens (including phenoxy) is 1. The number of benzene rings is 1. The van der Waals surface area contributed by atoms with Crippen molar-refractivity contribution in [3.05, 3.63) is 34.9 Å². The molecule has 0 N–H and O–H groups in total. The molecular formula is C13H15BrClF3O. The molecule has 0 heterocycles. The second-order valence-corrected chi connectivity index (χ2v) is 5.33. The van der Waals surface area contributed by atoms with Gasteiger partial charge in [0.05, 0.1) is 0 Å². The van der Waals surface area contributed by atoms with Crippen LogP contribution in [0, 0.1) is 5.92 Å². The molecule has 1 unspecified atom stereocenters. The average molecular weight is 360 g/mol. The summed E-state index contributed by atoms with van der Waals surface area (Å²) >= 11 is 9.42. The molecule has 1 atom stereocenters. The van der Waals surface area contributed by atoms with E-state index < -0.39 is 12.8 Å².